The SMILES string of the molecule is O=C(N[C@@H](Cc1cccc(Cl)c1)C(=O)O)c1ccc(Cl)cc1. The number of carboxylic acids is 1. The molecule has 2 N–H and O–H groups in total. The minimum absolute atomic E-state index is 0.148. The molecule has 0 saturated heterocycles. The third-order valence-corrected chi connectivity index (χ3v) is 3.53. The minimum atomic E-state index is -1.11. The number of aliphatic carboxylic acids is 1. The van der Waals surface area contributed by atoms with E-state index in [-0.39, 0.29) is 6.42 Å². The Morgan fingerprint density at radius 2 is 1.73 bits per heavy atom. The molecule has 6 heteroatoms. The van der Waals surface area contributed by atoms with Crippen LogP contribution in [-0.2, 0) is 11.2 Å². The fourth-order valence-corrected chi connectivity index (χ4v) is 2.28. The summed E-state index contributed by atoms with van der Waals surface area (Å²) in [6.45, 7) is 0. The molecule has 0 spiro atoms. The molecular formula is C16H13Cl2NO3. The van der Waals surface area contributed by atoms with Crippen molar-refractivity contribution in [2.24, 2.45) is 0 Å². The summed E-state index contributed by atoms with van der Waals surface area (Å²) in [5.74, 6) is -1.58. The predicted molar refractivity (Wildman–Crippen MR) is 85.5 cm³/mol. The van der Waals surface area contributed by atoms with Crippen molar-refractivity contribution in [2.75, 3.05) is 0 Å². The van der Waals surface area contributed by atoms with E-state index in [1.165, 1.54) is 12.1 Å². The smallest absolute Gasteiger partial charge is 0.326 e. The third kappa shape index (κ3) is 4.48. The maximum Gasteiger partial charge on any atom is 0.326 e. The number of carboxylic acid groups (broad SMARTS) is 1. The van der Waals surface area contributed by atoms with Crippen molar-refractivity contribution >= 4 is 35.1 Å². The van der Waals surface area contributed by atoms with Gasteiger partial charge in [0.15, 0.2) is 0 Å². The lowest BCUT2D eigenvalue weighted by atomic mass is 10.1. The van der Waals surface area contributed by atoms with Gasteiger partial charge in [-0.1, -0.05) is 35.3 Å². The Hall–Kier alpha value is -2.04. The molecule has 0 saturated carbocycles. The summed E-state index contributed by atoms with van der Waals surface area (Å²) in [4.78, 5) is 23.4. The quantitative estimate of drug-likeness (QED) is 0.878. The summed E-state index contributed by atoms with van der Waals surface area (Å²) >= 11 is 11.6. The van der Waals surface area contributed by atoms with Crippen molar-refractivity contribution in [3.05, 3.63) is 69.7 Å². The number of hydrogen-bond acceptors (Lipinski definition) is 2. The van der Waals surface area contributed by atoms with Gasteiger partial charge in [0.25, 0.3) is 5.91 Å². The second-order valence-electron chi connectivity index (χ2n) is 4.71. The Kier molecular flexibility index (Phi) is 5.41. The molecule has 0 radical (unpaired) electrons. The van der Waals surface area contributed by atoms with E-state index < -0.39 is 17.9 Å². The second kappa shape index (κ2) is 7.29. The van der Waals surface area contributed by atoms with Crippen molar-refractivity contribution in [3.63, 3.8) is 0 Å². The van der Waals surface area contributed by atoms with Crippen LogP contribution >= 0.6 is 23.2 Å². The van der Waals surface area contributed by atoms with Gasteiger partial charge in [-0.3, -0.25) is 4.79 Å². The van der Waals surface area contributed by atoms with Gasteiger partial charge < -0.3 is 10.4 Å². The highest BCUT2D eigenvalue weighted by Crippen LogP contribution is 2.13. The maximum absolute atomic E-state index is 12.1. The molecule has 1 atom stereocenters. The monoisotopic (exact) mass is 337 g/mol. The lowest BCUT2D eigenvalue weighted by molar-refractivity contribution is -0.139. The molecule has 0 aliphatic heterocycles. The van der Waals surface area contributed by atoms with Crippen LogP contribution in [0.2, 0.25) is 10.0 Å². The van der Waals surface area contributed by atoms with E-state index in [9.17, 15) is 14.7 Å². The normalized spacial score (nSPS) is 11.7. The fraction of sp³-hybridized carbons (Fsp3) is 0.125. The molecule has 0 fully saturated rings. The highest BCUT2D eigenvalue weighted by Gasteiger charge is 2.21. The van der Waals surface area contributed by atoms with E-state index in [1.807, 2.05) is 0 Å². The molecular weight excluding hydrogens is 325 g/mol. The summed E-state index contributed by atoms with van der Waals surface area (Å²) < 4.78 is 0. The number of hydrogen-bond donors (Lipinski definition) is 2. The van der Waals surface area contributed by atoms with Crippen LogP contribution in [0, 0.1) is 0 Å². The van der Waals surface area contributed by atoms with Crippen LogP contribution < -0.4 is 5.32 Å². The van der Waals surface area contributed by atoms with Gasteiger partial charge in [0.05, 0.1) is 0 Å². The Balaban J connectivity index is 2.10. The van der Waals surface area contributed by atoms with E-state index in [0.29, 0.717) is 15.6 Å². The van der Waals surface area contributed by atoms with Gasteiger partial charge >= 0.3 is 5.97 Å². The summed E-state index contributed by atoms with van der Waals surface area (Å²) in [5, 5.41) is 12.8. The lowest BCUT2D eigenvalue weighted by Crippen LogP contribution is -2.42. The Bertz CT molecular complexity index is 686. The molecule has 22 heavy (non-hydrogen) atoms. The van der Waals surface area contributed by atoms with Crippen LogP contribution in [-0.4, -0.2) is 23.0 Å². The zero-order chi connectivity index (χ0) is 16.1. The number of benzene rings is 2. The van der Waals surface area contributed by atoms with Gasteiger partial charge in [0.1, 0.15) is 6.04 Å². The molecule has 0 unspecified atom stereocenters. The van der Waals surface area contributed by atoms with Gasteiger partial charge in [-0.05, 0) is 42.0 Å². The van der Waals surface area contributed by atoms with Gasteiger partial charge in [-0.2, -0.15) is 0 Å². The van der Waals surface area contributed by atoms with E-state index >= 15 is 0 Å². The molecule has 4 nitrogen and oxygen atoms in total. The zero-order valence-corrected chi connectivity index (χ0v) is 12.9. The van der Waals surface area contributed by atoms with Gasteiger partial charge in [0, 0.05) is 22.0 Å². The van der Waals surface area contributed by atoms with Gasteiger partial charge in [0.2, 0.25) is 0 Å². The number of rotatable bonds is 5. The van der Waals surface area contributed by atoms with E-state index in [4.69, 9.17) is 23.2 Å². The largest absolute Gasteiger partial charge is 0.480 e. The van der Waals surface area contributed by atoms with Crippen molar-refractivity contribution in [1.82, 2.24) is 5.32 Å². The van der Waals surface area contributed by atoms with Gasteiger partial charge in [-0.15, -0.1) is 0 Å². The minimum Gasteiger partial charge on any atom is -0.480 e. The Labute approximate surface area is 137 Å². The van der Waals surface area contributed by atoms with Crippen LogP contribution in [0.25, 0.3) is 0 Å². The fourth-order valence-electron chi connectivity index (χ4n) is 1.94. The highest BCUT2D eigenvalue weighted by atomic mass is 35.5. The van der Waals surface area contributed by atoms with Crippen molar-refractivity contribution in [3.8, 4) is 0 Å². The molecule has 2 rings (SSSR count). The average Bonchev–Trinajstić information content (AvgIpc) is 2.47. The molecule has 0 heterocycles. The second-order valence-corrected chi connectivity index (χ2v) is 5.58. The molecule has 114 valence electrons. The van der Waals surface area contributed by atoms with E-state index in [0.717, 1.165) is 5.56 Å². The summed E-state index contributed by atoms with van der Waals surface area (Å²) in [6.07, 6.45) is 0.148. The number of halogens is 2. The first-order chi connectivity index (χ1) is 10.5. The summed E-state index contributed by atoms with van der Waals surface area (Å²) in [5.41, 5.74) is 1.08. The number of nitrogens with one attached hydrogen (secondary N) is 1. The number of carbonyl (C=O) groups excluding carboxylic acids is 1. The van der Waals surface area contributed by atoms with Crippen LogP contribution in [0.5, 0.6) is 0 Å². The summed E-state index contributed by atoms with van der Waals surface area (Å²) in [6, 6.07) is 12.0. The van der Waals surface area contributed by atoms with Gasteiger partial charge in [-0.25, -0.2) is 4.79 Å². The average molecular weight is 338 g/mol. The predicted octanol–water partition coefficient (Wildman–Crippen LogP) is 3.42. The van der Waals surface area contributed by atoms with E-state index in [1.54, 1.807) is 36.4 Å². The first-order valence-corrected chi connectivity index (χ1v) is 7.25. The molecule has 0 aromatic heterocycles. The zero-order valence-electron chi connectivity index (χ0n) is 11.4. The maximum atomic E-state index is 12.1. The molecule has 2 aromatic carbocycles. The Morgan fingerprint density at radius 1 is 1.05 bits per heavy atom. The Morgan fingerprint density at radius 3 is 2.32 bits per heavy atom. The van der Waals surface area contributed by atoms with Crippen LogP contribution in [0.1, 0.15) is 15.9 Å². The van der Waals surface area contributed by atoms with Crippen molar-refractivity contribution in [2.45, 2.75) is 12.5 Å². The molecule has 0 bridgehead atoms. The summed E-state index contributed by atoms with van der Waals surface area (Å²) in [7, 11) is 0. The highest BCUT2D eigenvalue weighted by molar-refractivity contribution is 6.30. The lowest BCUT2D eigenvalue weighted by Gasteiger charge is -2.15. The topological polar surface area (TPSA) is 66.4 Å². The molecule has 1 amide bonds. The standard InChI is InChI=1S/C16H13Cl2NO3/c17-12-6-4-11(5-7-12)15(20)19-14(16(21)22)9-10-2-1-3-13(18)8-10/h1-8,14H,9H2,(H,19,20)(H,21,22)/t14-/m0/s1. The number of amides is 1. The van der Waals surface area contributed by atoms with Crippen molar-refractivity contribution < 1.29 is 14.7 Å². The molecule has 0 aliphatic carbocycles. The third-order valence-electron chi connectivity index (χ3n) is 3.04. The van der Waals surface area contributed by atoms with Crippen molar-refractivity contribution in [1.29, 1.82) is 0 Å². The first-order valence-electron chi connectivity index (χ1n) is 6.49. The van der Waals surface area contributed by atoms with Crippen LogP contribution in [0.4, 0.5) is 0 Å². The van der Waals surface area contributed by atoms with Crippen LogP contribution in [0.15, 0.2) is 48.5 Å². The number of carbonyl (C=O) groups is 2. The van der Waals surface area contributed by atoms with E-state index in [2.05, 4.69) is 5.32 Å². The van der Waals surface area contributed by atoms with Crippen LogP contribution in [0.3, 0.4) is 0 Å². The molecule has 2 aromatic rings. The molecule has 0 aliphatic rings. The first kappa shape index (κ1) is 16.3.